The van der Waals surface area contributed by atoms with E-state index in [0.717, 1.165) is 19.3 Å². The second-order valence-electron chi connectivity index (χ2n) is 8.79. The van der Waals surface area contributed by atoms with Gasteiger partial charge in [0.1, 0.15) is 10.8 Å². The van der Waals surface area contributed by atoms with Crippen LogP contribution in [0.2, 0.25) is 5.02 Å². The third kappa shape index (κ3) is 2.82. The SMILES string of the molecule is O=C(O)[C@@H]1C2C[C@@H]3C[C@H](C2)CC1(n1ncc(Nc2cccc(O)c2)c(Cl)c1=O)C3. The van der Waals surface area contributed by atoms with Gasteiger partial charge in [-0.15, -0.1) is 0 Å². The maximum absolute atomic E-state index is 13.2. The topological polar surface area (TPSA) is 104 Å². The molecule has 2 aromatic rings. The lowest BCUT2D eigenvalue weighted by Crippen LogP contribution is -2.63. The molecule has 0 saturated heterocycles. The van der Waals surface area contributed by atoms with Gasteiger partial charge < -0.3 is 15.5 Å². The number of carboxylic acid groups (broad SMARTS) is 1. The fraction of sp³-hybridized carbons (Fsp3) is 0.476. The third-order valence-corrected chi connectivity index (χ3v) is 7.37. The van der Waals surface area contributed by atoms with Crippen LogP contribution in [0.15, 0.2) is 35.3 Å². The number of hydrogen-bond acceptors (Lipinski definition) is 5. The molecule has 0 radical (unpaired) electrons. The summed E-state index contributed by atoms with van der Waals surface area (Å²) in [6, 6.07) is 6.47. The van der Waals surface area contributed by atoms with E-state index < -0.39 is 23.0 Å². The highest BCUT2D eigenvalue weighted by molar-refractivity contribution is 6.33. The Bertz CT molecular complexity index is 1040. The van der Waals surface area contributed by atoms with Crippen molar-refractivity contribution >= 4 is 28.9 Å². The molecule has 8 heteroatoms. The van der Waals surface area contributed by atoms with Crippen LogP contribution in [0.1, 0.15) is 32.1 Å². The molecule has 4 fully saturated rings. The Morgan fingerprint density at radius 2 is 1.97 bits per heavy atom. The molecule has 1 aromatic heterocycles. The minimum absolute atomic E-state index is 0.0248. The molecule has 6 rings (SSSR count). The van der Waals surface area contributed by atoms with Gasteiger partial charge >= 0.3 is 5.97 Å². The number of carboxylic acids is 1. The number of phenolic OH excluding ortho intramolecular Hbond substituents is 1. The number of phenols is 1. The molecule has 4 bridgehead atoms. The van der Waals surface area contributed by atoms with Crippen LogP contribution in [0.5, 0.6) is 5.75 Å². The van der Waals surface area contributed by atoms with Crippen LogP contribution in [0, 0.1) is 23.7 Å². The van der Waals surface area contributed by atoms with Gasteiger partial charge in [-0.2, -0.15) is 5.10 Å². The zero-order chi connectivity index (χ0) is 20.3. The minimum atomic E-state index is -0.847. The molecule has 3 N–H and O–H groups in total. The van der Waals surface area contributed by atoms with E-state index in [2.05, 4.69) is 10.4 Å². The van der Waals surface area contributed by atoms with Crippen LogP contribution in [-0.2, 0) is 10.3 Å². The molecule has 152 valence electrons. The van der Waals surface area contributed by atoms with Crippen LogP contribution in [0.25, 0.3) is 0 Å². The molecule has 0 amide bonds. The van der Waals surface area contributed by atoms with Crippen molar-refractivity contribution in [3.05, 3.63) is 45.8 Å². The summed E-state index contributed by atoms with van der Waals surface area (Å²) in [5.41, 5.74) is -0.366. The van der Waals surface area contributed by atoms with E-state index >= 15 is 0 Å². The largest absolute Gasteiger partial charge is 0.508 e. The van der Waals surface area contributed by atoms with Gasteiger partial charge in [0.05, 0.1) is 23.3 Å². The Balaban J connectivity index is 1.57. The van der Waals surface area contributed by atoms with E-state index in [-0.39, 0.29) is 16.7 Å². The highest BCUT2D eigenvalue weighted by Crippen LogP contribution is 2.61. The smallest absolute Gasteiger partial charge is 0.309 e. The lowest BCUT2D eigenvalue weighted by Gasteiger charge is -2.59. The quantitative estimate of drug-likeness (QED) is 0.705. The van der Waals surface area contributed by atoms with Crippen LogP contribution in [-0.4, -0.2) is 26.0 Å². The number of aromatic hydroxyl groups is 1. The summed E-state index contributed by atoms with van der Waals surface area (Å²) in [5.74, 6) is -0.384. The van der Waals surface area contributed by atoms with Crippen molar-refractivity contribution in [2.45, 2.75) is 37.6 Å². The Labute approximate surface area is 172 Å². The van der Waals surface area contributed by atoms with E-state index in [9.17, 15) is 19.8 Å². The average molecular weight is 416 g/mol. The molecule has 29 heavy (non-hydrogen) atoms. The van der Waals surface area contributed by atoms with Crippen LogP contribution in [0.4, 0.5) is 11.4 Å². The monoisotopic (exact) mass is 415 g/mol. The van der Waals surface area contributed by atoms with Crippen molar-refractivity contribution < 1.29 is 15.0 Å². The van der Waals surface area contributed by atoms with Gasteiger partial charge in [-0.25, -0.2) is 4.68 Å². The molecular formula is C21H22ClN3O4. The normalized spacial score (nSPS) is 32.3. The van der Waals surface area contributed by atoms with E-state index in [1.807, 2.05) is 0 Å². The lowest BCUT2D eigenvalue weighted by molar-refractivity contribution is -0.168. The van der Waals surface area contributed by atoms with E-state index in [1.54, 1.807) is 18.2 Å². The first-order chi connectivity index (χ1) is 13.9. The molecule has 1 heterocycles. The second kappa shape index (κ2) is 6.49. The number of aliphatic carboxylic acids is 1. The zero-order valence-corrected chi connectivity index (χ0v) is 16.5. The Morgan fingerprint density at radius 1 is 1.24 bits per heavy atom. The summed E-state index contributed by atoms with van der Waals surface area (Å²) in [6.07, 6.45) is 5.78. The van der Waals surface area contributed by atoms with Crippen LogP contribution < -0.4 is 10.9 Å². The maximum atomic E-state index is 13.2. The van der Waals surface area contributed by atoms with Crippen molar-refractivity contribution in [1.82, 2.24) is 9.78 Å². The van der Waals surface area contributed by atoms with Gasteiger partial charge in [0, 0.05) is 11.8 Å². The fourth-order valence-corrected chi connectivity index (χ4v) is 6.49. The Hall–Kier alpha value is -2.54. The van der Waals surface area contributed by atoms with E-state index in [0.29, 0.717) is 36.1 Å². The van der Waals surface area contributed by atoms with Crippen molar-refractivity contribution in [3.63, 3.8) is 0 Å². The summed E-state index contributed by atoms with van der Waals surface area (Å²) in [5, 5.41) is 27.0. The van der Waals surface area contributed by atoms with Crippen LogP contribution >= 0.6 is 11.6 Å². The first-order valence-corrected chi connectivity index (χ1v) is 10.3. The first kappa shape index (κ1) is 18.5. The average Bonchev–Trinajstić information content (AvgIpc) is 2.64. The minimum Gasteiger partial charge on any atom is -0.508 e. The zero-order valence-electron chi connectivity index (χ0n) is 15.7. The van der Waals surface area contributed by atoms with Gasteiger partial charge in [-0.05, 0) is 62.0 Å². The summed E-state index contributed by atoms with van der Waals surface area (Å²) in [6.45, 7) is 0. The molecule has 1 aromatic carbocycles. The predicted octanol–water partition coefficient (Wildman–Crippen LogP) is 3.58. The maximum Gasteiger partial charge on any atom is 0.309 e. The molecule has 4 saturated carbocycles. The standard InChI is InChI=1S/C21H22ClN3O4/c22-18-16(24-14-2-1-3-15(26)7-14)10-23-25(19(18)27)21-8-11-4-12(9-21)6-13(5-11)17(21)20(28)29/h1-3,7,10-13,17,24,26H,4-6,8-9H2,(H,28,29)/t11-,12+,13?,17-,21?/m0/s1. The third-order valence-electron chi connectivity index (χ3n) is 7.01. The molecule has 5 atom stereocenters. The van der Waals surface area contributed by atoms with Crippen molar-refractivity contribution in [2.75, 3.05) is 5.32 Å². The predicted molar refractivity (Wildman–Crippen MR) is 108 cm³/mol. The number of anilines is 2. The fourth-order valence-electron chi connectivity index (χ4n) is 6.31. The van der Waals surface area contributed by atoms with Gasteiger partial charge in [0.2, 0.25) is 0 Å². The number of carbonyl (C=O) groups is 1. The van der Waals surface area contributed by atoms with Crippen molar-refractivity contribution in [3.8, 4) is 5.75 Å². The number of aromatic nitrogens is 2. The first-order valence-electron chi connectivity index (χ1n) is 9.94. The highest BCUT2D eigenvalue weighted by Gasteiger charge is 2.61. The van der Waals surface area contributed by atoms with Gasteiger partial charge in [-0.3, -0.25) is 9.59 Å². The molecule has 4 aliphatic rings. The molecule has 4 aliphatic carbocycles. The second-order valence-corrected chi connectivity index (χ2v) is 9.17. The summed E-state index contributed by atoms with van der Waals surface area (Å²) in [4.78, 5) is 25.4. The van der Waals surface area contributed by atoms with Gasteiger partial charge in [-0.1, -0.05) is 17.7 Å². The van der Waals surface area contributed by atoms with Gasteiger partial charge in [0.25, 0.3) is 5.56 Å². The highest BCUT2D eigenvalue weighted by atomic mass is 35.5. The summed E-state index contributed by atoms with van der Waals surface area (Å²) >= 11 is 6.41. The molecule has 0 aliphatic heterocycles. The summed E-state index contributed by atoms with van der Waals surface area (Å²) in [7, 11) is 0. The van der Waals surface area contributed by atoms with Crippen molar-refractivity contribution in [2.24, 2.45) is 23.7 Å². The number of benzene rings is 1. The lowest BCUT2D eigenvalue weighted by atomic mass is 9.48. The summed E-state index contributed by atoms with van der Waals surface area (Å²) < 4.78 is 1.37. The number of nitrogens with zero attached hydrogens (tertiary/aromatic N) is 2. The Morgan fingerprint density at radius 3 is 2.62 bits per heavy atom. The number of rotatable bonds is 4. The Kier molecular flexibility index (Phi) is 4.13. The van der Waals surface area contributed by atoms with Crippen molar-refractivity contribution in [1.29, 1.82) is 0 Å². The number of halogens is 1. The van der Waals surface area contributed by atoms with Crippen LogP contribution in [0.3, 0.4) is 0 Å². The van der Waals surface area contributed by atoms with E-state index in [4.69, 9.17) is 11.6 Å². The van der Waals surface area contributed by atoms with E-state index in [1.165, 1.54) is 16.9 Å². The molecule has 0 spiro atoms. The number of hydrogen-bond donors (Lipinski definition) is 3. The molecule has 7 nitrogen and oxygen atoms in total. The van der Waals surface area contributed by atoms with Gasteiger partial charge in [0.15, 0.2) is 0 Å². The molecular weight excluding hydrogens is 394 g/mol. The number of nitrogens with one attached hydrogen (secondary N) is 1. The molecule has 2 unspecified atom stereocenters.